The largest absolute Gasteiger partial charge is 0.493 e. The fourth-order valence-corrected chi connectivity index (χ4v) is 2.77. The van der Waals surface area contributed by atoms with Gasteiger partial charge < -0.3 is 19.7 Å². The predicted molar refractivity (Wildman–Crippen MR) is 86.2 cm³/mol. The van der Waals surface area contributed by atoms with Crippen LogP contribution in [0.2, 0.25) is 0 Å². The van der Waals surface area contributed by atoms with Gasteiger partial charge in [0.05, 0.1) is 13.7 Å². The van der Waals surface area contributed by atoms with Crippen molar-refractivity contribution >= 4 is 0 Å². The zero-order valence-corrected chi connectivity index (χ0v) is 13.4. The van der Waals surface area contributed by atoms with Gasteiger partial charge in [0.1, 0.15) is 0 Å². The average Bonchev–Trinajstić information content (AvgIpc) is 3.01. The summed E-state index contributed by atoms with van der Waals surface area (Å²) in [5.41, 5.74) is 1.24. The highest BCUT2D eigenvalue weighted by molar-refractivity contribution is 5.42. The van der Waals surface area contributed by atoms with Crippen LogP contribution in [0.25, 0.3) is 0 Å². The van der Waals surface area contributed by atoms with E-state index in [9.17, 15) is 0 Å². The van der Waals surface area contributed by atoms with Crippen LogP contribution < -0.4 is 14.8 Å². The summed E-state index contributed by atoms with van der Waals surface area (Å²) >= 11 is 0. The highest BCUT2D eigenvalue weighted by Crippen LogP contribution is 2.27. The van der Waals surface area contributed by atoms with Gasteiger partial charge in [0.25, 0.3) is 0 Å². The Morgan fingerprint density at radius 3 is 2.71 bits per heavy atom. The molecule has 1 saturated heterocycles. The third-order valence-electron chi connectivity index (χ3n) is 3.88. The molecule has 1 aliphatic rings. The van der Waals surface area contributed by atoms with Crippen LogP contribution in [0.1, 0.15) is 31.7 Å². The number of benzene rings is 1. The van der Waals surface area contributed by atoms with E-state index in [1.54, 1.807) is 7.11 Å². The summed E-state index contributed by atoms with van der Waals surface area (Å²) in [6, 6.07) is 6.14. The number of likely N-dealkylation sites (tertiary alicyclic amines) is 1. The minimum absolute atomic E-state index is 0.656. The number of nitrogens with one attached hydrogen (secondary N) is 1. The molecule has 21 heavy (non-hydrogen) atoms. The molecule has 0 unspecified atom stereocenters. The summed E-state index contributed by atoms with van der Waals surface area (Å²) < 4.78 is 10.9. The molecule has 4 nitrogen and oxygen atoms in total. The normalized spacial score (nSPS) is 15.3. The molecule has 0 aliphatic carbocycles. The molecule has 1 aromatic rings. The SMILES string of the molecule is CCOc1cc(CNCCCN2CCCC2)ccc1OC. The van der Waals surface area contributed by atoms with Crippen molar-refractivity contribution in [2.45, 2.75) is 32.7 Å². The molecule has 118 valence electrons. The first-order chi connectivity index (χ1) is 10.3. The summed E-state index contributed by atoms with van der Waals surface area (Å²) in [6.45, 7) is 8.38. The maximum absolute atomic E-state index is 5.60. The van der Waals surface area contributed by atoms with E-state index in [0.29, 0.717) is 6.61 Å². The van der Waals surface area contributed by atoms with Crippen molar-refractivity contribution in [1.29, 1.82) is 0 Å². The Balaban J connectivity index is 1.70. The maximum atomic E-state index is 5.60. The third-order valence-corrected chi connectivity index (χ3v) is 3.88. The zero-order chi connectivity index (χ0) is 14.9. The van der Waals surface area contributed by atoms with Gasteiger partial charge in [-0.25, -0.2) is 0 Å². The topological polar surface area (TPSA) is 33.7 Å². The Morgan fingerprint density at radius 1 is 1.19 bits per heavy atom. The number of methoxy groups -OCH3 is 1. The summed E-state index contributed by atoms with van der Waals surface area (Å²) in [5.74, 6) is 1.63. The highest BCUT2D eigenvalue weighted by Gasteiger charge is 2.10. The lowest BCUT2D eigenvalue weighted by Gasteiger charge is -2.14. The molecule has 1 N–H and O–H groups in total. The van der Waals surface area contributed by atoms with Gasteiger partial charge in [-0.15, -0.1) is 0 Å². The van der Waals surface area contributed by atoms with Crippen molar-refractivity contribution < 1.29 is 9.47 Å². The van der Waals surface area contributed by atoms with Gasteiger partial charge in [-0.05, 0) is 70.1 Å². The lowest BCUT2D eigenvalue weighted by Crippen LogP contribution is -2.24. The molecule has 0 amide bonds. The molecule has 1 heterocycles. The fraction of sp³-hybridized carbons (Fsp3) is 0.647. The maximum Gasteiger partial charge on any atom is 0.161 e. The van der Waals surface area contributed by atoms with E-state index in [2.05, 4.69) is 22.3 Å². The van der Waals surface area contributed by atoms with Crippen LogP contribution in [0.5, 0.6) is 11.5 Å². The second-order valence-electron chi connectivity index (χ2n) is 5.50. The van der Waals surface area contributed by atoms with Crippen LogP contribution >= 0.6 is 0 Å². The van der Waals surface area contributed by atoms with Gasteiger partial charge in [0.2, 0.25) is 0 Å². The molecule has 2 rings (SSSR count). The minimum Gasteiger partial charge on any atom is -0.493 e. The molecule has 1 fully saturated rings. The standard InChI is InChI=1S/C17H28N2O2/c1-3-21-17-13-15(7-8-16(17)20-2)14-18-9-6-12-19-10-4-5-11-19/h7-8,13,18H,3-6,9-12,14H2,1-2H3. The van der Waals surface area contributed by atoms with Crippen molar-refractivity contribution in [2.24, 2.45) is 0 Å². The second-order valence-corrected chi connectivity index (χ2v) is 5.50. The van der Waals surface area contributed by atoms with Crippen LogP contribution in [0, 0.1) is 0 Å². The highest BCUT2D eigenvalue weighted by atomic mass is 16.5. The summed E-state index contributed by atoms with van der Waals surface area (Å²) in [6.07, 6.45) is 3.97. The predicted octanol–water partition coefficient (Wildman–Crippen LogP) is 2.67. The second kappa shape index (κ2) is 8.90. The molecular formula is C17H28N2O2. The van der Waals surface area contributed by atoms with Gasteiger partial charge in [0.15, 0.2) is 11.5 Å². The first-order valence-electron chi connectivity index (χ1n) is 8.06. The minimum atomic E-state index is 0.656. The number of hydrogen-bond acceptors (Lipinski definition) is 4. The summed E-state index contributed by atoms with van der Waals surface area (Å²) in [5, 5.41) is 3.51. The van der Waals surface area contributed by atoms with Gasteiger partial charge in [-0.3, -0.25) is 0 Å². The van der Waals surface area contributed by atoms with Crippen LogP contribution in [0.15, 0.2) is 18.2 Å². The number of hydrogen-bond donors (Lipinski definition) is 1. The Kier molecular flexibility index (Phi) is 6.83. The van der Waals surface area contributed by atoms with E-state index in [4.69, 9.17) is 9.47 Å². The van der Waals surface area contributed by atoms with E-state index >= 15 is 0 Å². The zero-order valence-electron chi connectivity index (χ0n) is 13.4. The third kappa shape index (κ3) is 5.21. The van der Waals surface area contributed by atoms with Gasteiger partial charge in [0, 0.05) is 6.54 Å². The van der Waals surface area contributed by atoms with E-state index in [-0.39, 0.29) is 0 Å². The Bertz CT molecular complexity index is 417. The number of nitrogens with zero attached hydrogens (tertiary/aromatic N) is 1. The average molecular weight is 292 g/mol. The molecule has 0 spiro atoms. The molecule has 0 atom stereocenters. The van der Waals surface area contributed by atoms with Crippen molar-refractivity contribution in [3.05, 3.63) is 23.8 Å². The van der Waals surface area contributed by atoms with E-state index in [1.165, 1.54) is 44.5 Å². The number of rotatable bonds is 9. The Hall–Kier alpha value is -1.26. The first kappa shape index (κ1) is 16.1. The van der Waals surface area contributed by atoms with Gasteiger partial charge in [-0.2, -0.15) is 0 Å². The summed E-state index contributed by atoms with van der Waals surface area (Å²) in [4.78, 5) is 2.56. The van der Waals surface area contributed by atoms with E-state index in [1.807, 2.05) is 13.0 Å². The lowest BCUT2D eigenvalue weighted by molar-refractivity contribution is 0.310. The van der Waals surface area contributed by atoms with Crippen LogP contribution in [0.3, 0.4) is 0 Å². The van der Waals surface area contributed by atoms with Gasteiger partial charge >= 0.3 is 0 Å². The van der Waals surface area contributed by atoms with Crippen LogP contribution in [-0.2, 0) is 6.54 Å². The quantitative estimate of drug-likeness (QED) is 0.710. The molecule has 1 aliphatic heterocycles. The molecule has 0 radical (unpaired) electrons. The fourth-order valence-electron chi connectivity index (χ4n) is 2.77. The van der Waals surface area contributed by atoms with Gasteiger partial charge in [-0.1, -0.05) is 6.07 Å². The van der Waals surface area contributed by atoms with Crippen molar-refractivity contribution in [2.75, 3.05) is 39.9 Å². The molecule has 0 saturated carbocycles. The van der Waals surface area contributed by atoms with Crippen LogP contribution in [-0.4, -0.2) is 44.8 Å². The number of ether oxygens (including phenoxy) is 2. The van der Waals surface area contributed by atoms with E-state index in [0.717, 1.165) is 24.6 Å². The smallest absolute Gasteiger partial charge is 0.161 e. The Labute approximate surface area is 128 Å². The van der Waals surface area contributed by atoms with Crippen LogP contribution in [0.4, 0.5) is 0 Å². The lowest BCUT2D eigenvalue weighted by atomic mass is 10.2. The van der Waals surface area contributed by atoms with Crippen molar-refractivity contribution in [3.8, 4) is 11.5 Å². The molecule has 1 aromatic carbocycles. The molecule has 4 heteroatoms. The van der Waals surface area contributed by atoms with E-state index < -0.39 is 0 Å². The molecular weight excluding hydrogens is 264 g/mol. The van der Waals surface area contributed by atoms with Crippen molar-refractivity contribution in [1.82, 2.24) is 10.2 Å². The molecule has 0 bridgehead atoms. The monoisotopic (exact) mass is 292 g/mol. The first-order valence-corrected chi connectivity index (χ1v) is 8.06. The van der Waals surface area contributed by atoms with Crippen molar-refractivity contribution in [3.63, 3.8) is 0 Å². The molecule has 0 aromatic heterocycles. The summed E-state index contributed by atoms with van der Waals surface area (Å²) in [7, 11) is 1.67. The Morgan fingerprint density at radius 2 is 2.00 bits per heavy atom.